The van der Waals surface area contributed by atoms with Crippen LogP contribution in [0.5, 0.6) is 0 Å². The highest BCUT2D eigenvalue weighted by atomic mass is 32.2. The lowest BCUT2D eigenvalue weighted by molar-refractivity contribution is -0.107. The maximum Gasteiger partial charge on any atom is 0.233 e. The molecule has 1 aliphatic rings. The van der Waals surface area contributed by atoms with Crippen LogP contribution in [-0.4, -0.2) is 5.12 Å². The van der Waals surface area contributed by atoms with Gasteiger partial charge in [-0.05, 0) is 12.8 Å². The summed E-state index contributed by atoms with van der Waals surface area (Å²) in [6.07, 6.45) is 7.49. The molecule has 0 aliphatic heterocycles. The van der Waals surface area contributed by atoms with Gasteiger partial charge in [0.15, 0.2) is 0 Å². The molecule has 0 saturated carbocycles. The van der Waals surface area contributed by atoms with Gasteiger partial charge >= 0.3 is 0 Å². The van der Waals surface area contributed by atoms with Crippen molar-refractivity contribution in [2.75, 3.05) is 0 Å². The molecule has 0 radical (unpaired) electrons. The molecule has 0 aromatic heterocycles. The molecule has 0 amide bonds. The maximum atomic E-state index is 11.0. The SMILES string of the molecule is N#CSC(=O)C1=CCCC=C1. The summed E-state index contributed by atoms with van der Waals surface area (Å²) in [6, 6.07) is 0. The predicted octanol–water partition coefficient (Wildman–Crippen LogP) is 2.00. The first-order chi connectivity index (χ1) is 5.34. The number of thioether (sulfide) groups is 1. The summed E-state index contributed by atoms with van der Waals surface area (Å²) in [4.78, 5) is 11.0. The summed E-state index contributed by atoms with van der Waals surface area (Å²) in [5, 5.41) is 9.82. The third-order valence-electron chi connectivity index (χ3n) is 1.37. The second-order valence-corrected chi connectivity index (χ2v) is 2.88. The zero-order valence-electron chi connectivity index (χ0n) is 5.91. The van der Waals surface area contributed by atoms with E-state index in [-0.39, 0.29) is 5.12 Å². The summed E-state index contributed by atoms with van der Waals surface area (Å²) < 4.78 is 0. The number of hydrogen-bond acceptors (Lipinski definition) is 3. The number of carbonyl (C=O) groups excluding carboxylic acids is 1. The molecule has 56 valence electrons. The molecule has 2 nitrogen and oxygen atoms in total. The lowest BCUT2D eigenvalue weighted by Crippen LogP contribution is -1.95. The molecule has 0 atom stereocenters. The van der Waals surface area contributed by atoms with Crippen LogP contribution in [0.4, 0.5) is 0 Å². The van der Waals surface area contributed by atoms with Gasteiger partial charge in [-0.25, -0.2) is 0 Å². The van der Waals surface area contributed by atoms with Crippen LogP contribution in [-0.2, 0) is 4.79 Å². The van der Waals surface area contributed by atoms with Crippen molar-refractivity contribution in [2.45, 2.75) is 12.8 Å². The van der Waals surface area contributed by atoms with Crippen molar-refractivity contribution >= 4 is 16.9 Å². The number of nitriles is 1. The van der Waals surface area contributed by atoms with Gasteiger partial charge in [0.1, 0.15) is 5.40 Å². The standard InChI is InChI=1S/C8H7NOS/c9-6-11-8(10)7-4-2-1-3-5-7/h2,4-5H,1,3H2. The number of rotatable bonds is 1. The van der Waals surface area contributed by atoms with Gasteiger partial charge in [0.25, 0.3) is 0 Å². The van der Waals surface area contributed by atoms with E-state index >= 15 is 0 Å². The summed E-state index contributed by atoms with van der Waals surface area (Å²) in [6.45, 7) is 0. The number of carbonyl (C=O) groups is 1. The summed E-state index contributed by atoms with van der Waals surface area (Å²) in [7, 11) is 0. The molecule has 11 heavy (non-hydrogen) atoms. The highest BCUT2D eigenvalue weighted by molar-refractivity contribution is 8.18. The Morgan fingerprint density at radius 2 is 2.45 bits per heavy atom. The van der Waals surface area contributed by atoms with Crippen molar-refractivity contribution in [1.82, 2.24) is 0 Å². The largest absolute Gasteiger partial charge is 0.280 e. The molecule has 1 aliphatic carbocycles. The minimum atomic E-state index is -0.150. The van der Waals surface area contributed by atoms with Crippen molar-refractivity contribution in [3.8, 4) is 5.40 Å². The molecule has 3 heteroatoms. The van der Waals surface area contributed by atoms with Crippen LogP contribution in [0.25, 0.3) is 0 Å². The van der Waals surface area contributed by atoms with E-state index in [0.717, 1.165) is 12.8 Å². The third kappa shape index (κ3) is 2.24. The van der Waals surface area contributed by atoms with E-state index in [1.807, 2.05) is 12.2 Å². The number of nitrogens with zero attached hydrogens (tertiary/aromatic N) is 1. The lowest BCUT2D eigenvalue weighted by atomic mass is 10.1. The van der Waals surface area contributed by atoms with E-state index in [1.165, 1.54) is 0 Å². The van der Waals surface area contributed by atoms with Gasteiger partial charge in [-0.1, -0.05) is 18.2 Å². The Balaban J connectivity index is 2.61. The van der Waals surface area contributed by atoms with Gasteiger partial charge in [-0.15, -0.1) is 0 Å². The molecule has 1 rings (SSSR count). The quantitative estimate of drug-likeness (QED) is 0.558. The fourth-order valence-corrected chi connectivity index (χ4v) is 1.22. The van der Waals surface area contributed by atoms with E-state index in [1.54, 1.807) is 11.5 Å². The second kappa shape index (κ2) is 3.99. The van der Waals surface area contributed by atoms with Crippen molar-refractivity contribution in [1.29, 1.82) is 5.26 Å². The molecule has 0 unspecified atom stereocenters. The molecule has 0 spiro atoms. The second-order valence-electron chi connectivity index (χ2n) is 2.12. The van der Waals surface area contributed by atoms with Gasteiger partial charge in [0.05, 0.1) is 0 Å². The zero-order chi connectivity index (χ0) is 8.10. The van der Waals surface area contributed by atoms with Crippen LogP contribution in [0, 0.1) is 10.7 Å². The molecule has 0 N–H and O–H groups in total. The van der Waals surface area contributed by atoms with E-state index in [2.05, 4.69) is 0 Å². The Hall–Kier alpha value is -1.01. The molecule has 0 bridgehead atoms. The Morgan fingerprint density at radius 1 is 1.64 bits per heavy atom. The Bertz CT molecular complexity index is 260. The third-order valence-corrected chi connectivity index (χ3v) is 1.88. The average molecular weight is 165 g/mol. The molecular formula is C8H7NOS. The summed E-state index contributed by atoms with van der Waals surface area (Å²) >= 11 is 0.685. The topological polar surface area (TPSA) is 40.9 Å². The number of allylic oxidation sites excluding steroid dienone is 3. The first-order valence-corrected chi connectivity index (χ1v) is 4.13. The first kappa shape index (κ1) is 8.09. The molecular weight excluding hydrogens is 158 g/mol. The van der Waals surface area contributed by atoms with Crippen LogP contribution in [0.1, 0.15) is 12.8 Å². The van der Waals surface area contributed by atoms with Crippen LogP contribution >= 0.6 is 11.8 Å². The van der Waals surface area contributed by atoms with Gasteiger partial charge in [0.2, 0.25) is 5.12 Å². The van der Waals surface area contributed by atoms with Crippen molar-refractivity contribution < 1.29 is 4.79 Å². The highest BCUT2D eigenvalue weighted by Crippen LogP contribution is 2.15. The summed E-state index contributed by atoms with van der Waals surface area (Å²) in [5.74, 6) is 0. The van der Waals surface area contributed by atoms with E-state index < -0.39 is 0 Å². The Labute approximate surface area is 69.6 Å². The maximum absolute atomic E-state index is 11.0. The zero-order valence-corrected chi connectivity index (χ0v) is 6.73. The summed E-state index contributed by atoms with van der Waals surface area (Å²) in [5.41, 5.74) is 0.655. The Morgan fingerprint density at radius 3 is 3.00 bits per heavy atom. The minimum absolute atomic E-state index is 0.150. The van der Waals surface area contributed by atoms with Crippen molar-refractivity contribution in [3.05, 3.63) is 23.8 Å². The lowest BCUT2D eigenvalue weighted by Gasteiger charge is -2.00. The van der Waals surface area contributed by atoms with Crippen LogP contribution < -0.4 is 0 Å². The fourth-order valence-electron chi connectivity index (χ4n) is 0.865. The molecule has 0 fully saturated rings. The van der Waals surface area contributed by atoms with Gasteiger partial charge in [-0.2, -0.15) is 5.26 Å². The van der Waals surface area contributed by atoms with Crippen LogP contribution in [0.3, 0.4) is 0 Å². The highest BCUT2D eigenvalue weighted by Gasteiger charge is 2.07. The van der Waals surface area contributed by atoms with Crippen LogP contribution in [0.2, 0.25) is 0 Å². The molecule has 0 heterocycles. The van der Waals surface area contributed by atoms with Crippen molar-refractivity contribution in [2.24, 2.45) is 0 Å². The number of hydrogen-bond donors (Lipinski definition) is 0. The van der Waals surface area contributed by atoms with E-state index in [0.29, 0.717) is 17.3 Å². The molecule has 0 aromatic rings. The van der Waals surface area contributed by atoms with Gasteiger partial charge in [0, 0.05) is 17.3 Å². The first-order valence-electron chi connectivity index (χ1n) is 3.31. The van der Waals surface area contributed by atoms with E-state index in [9.17, 15) is 4.79 Å². The average Bonchev–Trinajstić information content (AvgIpc) is 2.07. The fraction of sp³-hybridized carbons (Fsp3) is 0.250. The minimum Gasteiger partial charge on any atom is -0.280 e. The number of thiocyanates is 1. The smallest absolute Gasteiger partial charge is 0.233 e. The molecule has 0 aromatic carbocycles. The normalized spacial score (nSPS) is 15.4. The predicted molar refractivity (Wildman–Crippen MR) is 44.7 cm³/mol. The van der Waals surface area contributed by atoms with Crippen LogP contribution in [0.15, 0.2) is 23.8 Å². The van der Waals surface area contributed by atoms with Gasteiger partial charge in [-0.3, -0.25) is 4.79 Å². The Kier molecular flexibility index (Phi) is 2.94. The molecule has 0 saturated heterocycles. The monoisotopic (exact) mass is 165 g/mol. The van der Waals surface area contributed by atoms with Gasteiger partial charge < -0.3 is 0 Å². The van der Waals surface area contributed by atoms with Crippen molar-refractivity contribution in [3.63, 3.8) is 0 Å². The van der Waals surface area contributed by atoms with E-state index in [4.69, 9.17) is 5.26 Å².